The molecule has 0 aliphatic heterocycles. The van der Waals surface area contributed by atoms with E-state index in [0.717, 1.165) is 0 Å². The van der Waals surface area contributed by atoms with Gasteiger partial charge in [0.15, 0.2) is 11.5 Å². The molecule has 1 heterocycles. The maximum atomic E-state index is 12.9. The van der Waals surface area contributed by atoms with E-state index < -0.39 is 11.7 Å². The van der Waals surface area contributed by atoms with E-state index in [1.165, 1.54) is 19.3 Å². The first-order valence-corrected chi connectivity index (χ1v) is 3.97. The van der Waals surface area contributed by atoms with Gasteiger partial charge in [0.05, 0.1) is 0 Å². The molecule has 3 nitrogen and oxygen atoms in total. The lowest BCUT2D eigenvalue weighted by Crippen LogP contribution is -2.20. The van der Waals surface area contributed by atoms with Gasteiger partial charge in [0.1, 0.15) is 0 Å². The van der Waals surface area contributed by atoms with E-state index in [4.69, 9.17) is 0 Å². The van der Waals surface area contributed by atoms with Crippen LogP contribution in [0.15, 0.2) is 16.7 Å². The molecular weight excluding hydrogens is 227 g/mol. The average molecular weight is 233 g/mol. The number of carbonyl (C=O) groups excluding carboxylic acids is 1. The maximum Gasteiger partial charge on any atom is 0.272 e. The predicted molar refractivity (Wildman–Crippen MR) is 45.3 cm³/mol. The van der Waals surface area contributed by atoms with E-state index in [2.05, 4.69) is 26.2 Å². The molecule has 1 aromatic rings. The third kappa shape index (κ3) is 1.79. The number of pyridine rings is 1. The summed E-state index contributed by atoms with van der Waals surface area (Å²) in [5, 5.41) is 2.28. The van der Waals surface area contributed by atoms with Gasteiger partial charge in [0, 0.05) is 17.7 Å². The van der Waals surface area contributed by atoms with Gasteiger partial charge in [0.25, 0.3) is 5.91 Å². The van der Waals surface area contributed by atoms with Crippen molar-refractivity contribution in [2.45, 2.75) is 0 Å². The monoisotopic (exact) mass is 232 g/mol. The minimum Gasteiger partial charge on any atom is -0.354 e. The number of amides is 1. The van der Waals surface area contributed by atoms with Crippen LogP contribution in [0.25, 0.3) is 0 Å². The van der Waals surface area contributed by atoms with Crippen LogP contribution in [0.2, 0.25) is 0 Å². The summed E-state index contributed by atoms with van der Waals surface area (Å²) in [4.78, 5) is 14.5. The highest BCUT2D eigenvalue weighted by atomic mass is 79.9. The smallest absolute Gasteiger partial charge is 0.272 e. The second-order valence-corrected chi connectivity index (χ2v) is 2.98. The zero-order valence-corrected chi connectivity index (χ0v) is 7.85. The molecule has 0 aromatic carbocycles. The lowest BCUT2D eigenvalue weighted by atomic mass is 10.3. The van der Waals surface area contributed by atoms with E-state index in [0.29, 0.717) is 4.47 Å². The molecule has 64 valence electrons. The Morgan fingerprint density at radius 3 is 2.92 bits per heavy atom. The molecule has 0 aliphatic carbocycles. The molecule has 1 rings (SSSR count). The average Bonchev–Trinajstić information content (AvgIpc) is 2.03. The third-order valence-electron chi connectivity index (χ3n) is 1.25. The molecule has 0 bridgehead atoms. The van der Waals surface area contributed by atoms with Crippen molar-refractivity contribution in [3.8, 4) is 0 Å². The van der Waals surface area contributed by atoms with Crippen molar-refractivity contribution in [2.75, 3.05) is 7.05 Å². The Balaban J connectivity index is 3.09. The van der Waals surface area contributed by atoms with Gasteiger partial charge in [-0.25, -0.2) is 9.37 Å². The normalized spacial score (nSPS) is 9.58. The van der Waals surface area contributed by atoms with Gasteiger partial charge in [-0.05, 0) is 22.0 Å². The fourth-order valence-electron chi connectivity index (χ4n) is 0.700. The topological polar surface area (TPSA) is 42.0 Å². The fourth-order valence-corrected chi connectivity index (χ4v) is 1.00. The van der Waals surface area contributed by atoms with E-state index in [1.807, 2.05) is 0 Å². The van der Waals surface area contributed by atoms with Crippen LogP contribution in [0.1, 0.15) is 10.5 Å². The van der Waals surface area contributed by atoms with Crippen LogP contribution in [0.4, 0.5) is 4.39 Å². The first-order valence-electron chi connectivity index (χ1n) is 3.18. The highest BCUT2D eigenvalue weighted by Crippen LogP contribution is 2.11. The van der Waals surface area contributed by atoms with Crippen molar-refractivity contribution in [1.29, 1.82) is 0 Å². The molecule has 1 N–H and O–H groups in total. The lowest BCUT2D eigenvalue weighted by molar-refractivity contribution is 0.0953. The van der Waals surface area contributed by atoms with Crippen LogP contribution in [0.3, 0.4) is 0 Å². The Labute approximate surface area is 77.1 Å². The van der Waals surface area contributed by atoms with Crippen molar-refractivity contribution in [3.05, 3.63) is 28.2 Å². The number of hydrogen-bond donors (Lipinski definition) is 1. The van der Waals surface area contributed by atoms with Crippen molar-refractivity contribution in [1.82, 2.24) is 10.3 Å². The number of rotatable bonds is 1. The third-order valence-corrected chi connectivity index (χ3v) is 1.68. The van der Waals surface area contributed by atoms with Gasteiger partial charge in [-0.1, -0.05) is 0 Å². The second kappa shape index (κ2) is 3.62. The zero-order chi connectivity index (χ0) is 9.14. The van der Waals surface area contributed by atoms with Crippen LogP contribution >= 0.6 is 15.9 Å². The van der Waals surface area contributed by atoms with Crippen molar-refractivity contribution >= 4 is 21.8 Å². The fraction of sp³-hybridized carbons (Fsp3) is 0.143. The molecule has 0 saturated heterocycles. The molecule has 12 heavy (non-hydrogen) atoms. The SMILES string of the molecule is CNC(=O)c1ncc(Br)cc1F. The highest BCUT2D eigenvalue weighted by molar-refractivity contribution is 9.10. The summed E-state index contributed by atoms with van der Waals surface area (Å²) >= 11 is 3.03. The minimum atomic E-state index is -0.635. The van der Waals surface area contributed by atoms with Crippen molar-refractivity contribution in [2.24, 2.45) is 0 Å². The summed E-state index contributed by atoms with van der Waals surface area (Å²) in [5.41, 5.74) is -0.194. The minimum absolute atomic E-state index is 0.194. The summed E-state index contributed by atoms with van der Waals surface area (Å²) in [6.07, 6.45) is 1.37. The maximum absolute atomic E-state index is 12.9. The standard InChI is InChI=1S/C7H6BrFN2O/c1-10-7(12)6-5(9)2-4(8)3-11-6/h2-3H,1H3,(H,10,12). The van der Waals surface area contributed by atoms with Gasteiger partial charge in [-0.15, -0.1) is 0 Å². The van der Waals surface area contributed by atoms with Crippen LogP contribution in [-0.4, -0.2) is 17.9 Å². The van der Waals surface area contributed by atoms with Gasteiger partial charge in [-0.3, -0.25) is 4.79 Å². The summed E-state index contributed by atoms with van der Waals surface area (Å²) in [7, 11) is 1.42. The zero-order valence-electron chi connectivity index (χ0n) is 6.27. The van der Waals surface area contributed by atoms with Crippen LogP contribution in [0, 0.1) is 5.82 Å². The van der Waals surface area contributed by atoms with E-state index in [9.17, 15) is 9.18 Å². The van der Waals surface area contributed by atoms with Gasteiger partial charge < -0.3 is 5.32 Å². The number of nitrogens with one attached hydrogen (secondary N) is 1. The van der Waals surface area contributed by atoms with E-state index in [1.54, 1.807) is 0 Å². The Morgan fingerprint density at radius 1 is 1.75 bits per heavy atom. The highest BCUT2D eigenvalue weighted by Gasteiger charge is 2.11. The summed E-state index contributed by atoms with van der Waals surface area (Å²) in [5.74, 6) is -1.16. The first-order chi connectivity index (χ1) is 5.65. The second-order valence-electron chi connectivity index (χ2n) is 2.06. The van der Waals surface area contributed by atoms with Crippen LogP contribution < -0.4 is 5.32 Å². The molecule has 1 aromatic heterocycles. The number of halogens is 2. The molecule has 0 unspecified atom stereocenters. The Hall–Kier alpha value is -0.970. The molecular formula is C7H6BrFN2O. The molecule has 0 spiro atoms. The van der Waals surface area contributed by atoms with Crippen molar-refractivity contribution < 1.29 is 9.18 Å². The largest absolute Gasteiger partial charge is 0.354 e. The molecule has 0 atom stereocenters. The van der Waals surface area contributed by atoms with Gasteiger partial charge in [0.2, 0.25) is 0 Å². The molecule has 0 radical (unpaired) electrons. The lowest BCUT2D eigenvalue weighted by Gasteiger charge is -1.99. The van der Waals surface area contributed by atoms with Gasteiger partial charge >= 0.3 is 0 Å². The quantitative estimate of drug-likeness (QED) is 0.795. The molecule has 0 aliphatic rings. The molecule has 0 saturated carbocycles. The van der Waals surface area contributed by atoms with E-state index in [-0.39, 0.29) is 5.69 Å². The van der Waals surface area contributed by atoms with Gasteiger partial charge in [-0.2, -0.15) is 0 Å². The summed E-state index contributed by atoms with van der Waals surface area (Å²) < 4.78 is 13.4. The molecule has 1 amide bonds. The van der Waals surface area contributed by atoms with Crippen LogP contribution in [-0.2, 0) is 0 Å². The van der Waals surface area contributed by atoms with E-state index >= 15 is 0 Å². The first kappa shape index (κ1) is 9.12. The Bertz CT molecular complexity index is 316. The molecule has 5 heteroatoms. The van der Waals surface area contributed by atoms with Crippen molar-refractivity contribution in [3.63, 3.8) is 0 Å². The predicted octanol–water partition coefficient (Wildman–Crippen LogP) is 1.34. The number of hydrogen-bond acceptors (Lipinski definition) is 2. The summed E-state index contributed by atoms with van der Waals surface area (Å²) in [6, 6.07) is 1.19. The Morgan fingerprint density at radius 2 is 2.42 bits per heavy atom. The van der Waals surface area contributed by atoms with Crippen LogP contribution in [0.5, 0.6) is 0 Å². The number of aromatic nitrogens is 1. The molecule has 0 fully saturated rings. The summed E-state index contributed by atoms with van der Waals surface area (Å²) in [6.45, 7) is 0. The number of nitrogens with zero attached hydrogens (tertiary/aromatic N) is 1. The number of carbonyl (C=O) groups is 1. The Kier molecular flexibility index (Phi) is 2.75.